The van der Waals surface area contributed by atoms with Crippen molar-refractivity contribution in [3.05, 3.63) is 82.9 Å². The number of aromatic hydroxyl groups is 1. The second-order valence-electron chi connectivity index (χ2n) is 6.05. The molecule has 4 rings (SSSR count). The van der Waals surface area contributed by atoms with Crippen molar-refractivity contribution in [2.24, 2.45) is 0 Å². The predicted octanol–water partition coefficient (Wildman–Crippen LogP) is 2.82. The summed E-state index contributed by atoms with van der Waals surface area (Å²) in [5, 5.41) is 13.2. The van der Waals surface area contributed by atoms with Crippen molar-refractivity contribution in [2.75, 3.05) is 5.32 Å². The first kappa shape index (κ1) is 17.7. The fourth-order valence-electron chi connectivity index (χ4n) is 3.15. The van der Waals surface area contributed by atoms with Gasteiger partial charge in [-0.2, -0.15) is 8.42 Å². The number of carbonyl (C=O) groups excluding carboxylic acids is 2. The Labute approximate surface area is 161 Å². The van der Waals surface area contributed by atoms with Gasteiger partial charge in [0.1, 0.15) is 11.5 Å². The van der Waals surface area contributed by atoms with Gasteiger partial charge < -0.3 is 14.6 Å². The summed E-state index contributed by atoms with van der Waals surface area (Å²) in [5.41, 5.74) is 1.46. The van der Waals surface area contributed by atoms with Gasteiger partial charge in [0.15, 0.2) is 11.6 Å². The minimum atomic E-state index is -3.01. The van der Waals surface area contributed by atoms with E-state index in [2.05, 4.69) is 9.50 Å². The summed E-state index contributed by atoms with van der Waals surface area (Å²) in [4.78, 5) is 25.8. The molecule has 0 bridgehead atoms. The number of hydrogen-bond donors (Lipinski definition) is 3. The lowest BCUT2D eigenvalue weighted by Crippen LogP contribution is -2.22. The van der Waals surface area contributed by atoms with E-state index in [-0.39, 0.29) is 39.5 Å². The number of ketones is 2. The van der Waals surface area contributed by atoms with Gasteiger partial charge in [0.25, 0.3) is 11.0 Å². The topological polar surface area (TPSA) is 110 Å². The van der Waals surface area contributed by atoms with Crippen LogP contribution in [0.3, 0.4) is 0 Å². The summed E-state index contributed by atoms with van der Waals surface area (Å²) in [6, 6.07) is 15.3. The van der Waals surface area contributed by atoms with Gasteiger partial charge >= 0.3 is 0 Å². The van der Waals surface area contributed by atoms with Crippen LogP contribution in [0.25, 0.3) is 0 Å². The van der Waals surface area contributed by atoms with Crippen molar-refractivity contribution in [3.8, 4) is 11.5 Å². The third kappa shape index (κ3) is 2.99. The van der Waals surface area contributed by atoms with E-state index in [0.29, 0.717) is 11.4 Å². The lowest BCUT2D eigenvalue weighted by atomic mass is 9.82. The SMILES string of the molecule is O=C1c2ccccc2C(=O)c2c(Nc3ccc(O[SH](=O)=O)cc3)ccc(O)c21. The van der Waals surface area contributed by atoms with E-state index in [1.807, 2.05) is 0 Å². The maximum Gasteiger partial charge on any atom is 0.299 e. The summed E-state index contributed by atoms with van der Waals surface area (Å²) < 4.78 is 25.8. The Kier molecular flexibility index (Phi) is 4.32. The van der Waals surface area contributed by atoms with E-state index in [0.717, 1.165) is 0 Å². The van der Waals surface area contributed by atoms with E-state index in [9.17, 15) is 23.1 Å². The highest BCUT2D eigenvalue weighted by atomic mass is 32.2. The van der Waals surface area contributed by atoms with Crippen molar-refractivity contribution in [1.82, 2.24) is 0 Å². The van der Waals surface area contributed by atoms with Crippen molar-refractivity contribution in [3.63, 3.8) is 0 Å². The molecule has 0 aromatic heterocycles. The highest BCUT2D eigenvalue weighted by Gasteiger charge is 2.33. The van der Waals surface area contributed by atoms with E-state index in [1.54, 1.807) is 36.4 Å². The summed E-state index contributed by atoms with van der Waals surface area (Å²) in [7, 11) is -3.01. The van der Waals surface area contributed by atoms with Crippen LogP contribution in [0, 0.1) is 0 Å². The second kappa shape index (κ2) is 6.82. The third-order valence-electron chi connectivity index (χ3n) is 4.37. The first-order valence-electron chi connectivity index (χ1n) is 8.19. The Morgan fingerprint density at radius 3 is 2.00 bits per heavy atom. The van der Waals surface area contributed by atoms with E-state index >= 15 is 0 Å². The van der Waals surface area contributed by atoms with E-state index in [1.165, 1.54) is 24.3 Å². The number of hydrogen-bond acceptors (Lipinski definition) is 7. The van der Waals surface area contributed by atoms with Gasteiger partial charge in [-0.1, -0.05) is 24.3 Å². The molecular weight excluding hydrogens is 382 g/mol. The molecule has 8 heteroatoms. The Bertz CT molecular complexity index is 1190. The second-order valence-corrected chi connectivity index (χ2v) is 6.68. The van der Waals surface area contributed by atoms with Crippen LogP contribution < -0.4 is 9.50 Å². The van der Waals surface area contributed by atoms with Crippen LogP contribution in [0.15, 0.2) is 60.7 Å². The molecule has 1 aliphatic carbocycles. The Hall–Kier alpha value is -3.65. The van der Waals surface area contributed by atoms with Gasteiger partial charge in [0.2, 0.25) is 0 Å². The zero-order valence-electron chi connectivity index (χ0n) is 14.2. The number of phenols is 1. The van der Waals surface area contributed by atoms with Gasteiger partial charge in [0, 0.05) is 16.8 Å². The molecule has 140 valence electrons. The number of rotatable bonds is 4. The lowest BCUT2D eigenvalue weighted by Gasteiger charge is -2.21. The summed E-state index contributed by atoms with van der Waals surface area (Å²) >= 11 is 0. The fraction of sp³-hybridized carbons (Fsp3) is 0. The number of phenolic OH excluding ortho intramolecular Hbond substituents is 1. The zero-order chi connectivity index (χ0) is 19.8. The van der Waals surface area contributed by atoms with Gasteiger partial charge in [-0.3, -0.25) is 9.59 Å². The molecule has 0 unspecified atom stereocenters. The highest BCUT2D eigenvalue weighted by Crippen LogP contribution is 2.38. The molecular formula is C20H13NO6S. The zero-order valence-corrected chi connectivity index (χ0v) is 15.1. The Morgan fingerprint density at radius 2 is 1.39 bits per heavy atom. The standard InChI is InChI=1S/C20H13NO6S/c22-16-10-9-15(21-11-5-7-12(8-6-11)27-28(25)26)17-18(16)20(24)14-4-2-1-3-13(14)19(17)23/h1-10,21-22,28H. The summed E-state index contributed by atoms with van der Waals surface area (Å²) in [5.74, 6) is -0.910. The number of anilines is 2. The molecule has 1 aliphatic rings. The third-order valence-corrected chi connectivity index (χ3v) is 4.73. The highest BCUT2D eigenvalue weighted by molar-refractivity contribution is 7.67. The average Bonchev–Trinajstić information content (AvgIpc) is 2.68. The quantitative estimate of drug-likeness (QED) is 0.360. The largest absolute Gasteiger partial charge is 0.507 e. The molecule has 0 amide bonds. The lowest BCUT2D eigenvalue weighted by molar-refractivity contribution is 0.0977. The van der Waals surface area contributed by atoms with Gasteiger partial charge in [-0.25, -0.2) is 0 Å². The first-order chi connectivity index (χ1) is 13.5. The van der Waals surface area contributed by atoms with Gasteiger partial charge in [-0.15, -0.1) is 0 Å². The number of fused-ring (bicyclic) bond motifs is 2. The fourth-order valence-corrected chi connectivity index (χ4v) is 3.44. The molecule has 0 atom stereocenters. The van der Waals surface area contributed by atoms with Crippen molar-refractivity contribution >= 4 is 33.9 Å². The first-order valence-corrected chi connectivity index (χ1v) is 9.29. The Balaban J connectivity index is 1.76. The molecule has 7 nitrogen and oxygen atoms in total. The van der Waals surface area contributed by atoms with Crippen LogP contribution in [-0.4, -0.2) is 25.1 Å². The molecule has 0 fully saturated rings. The van der Waals surface area contributed by atoms with Crippen molar-refractivity contribution in [2.45, 2.75) is 0 Å². The van der Waals surface area contributed by atoms with Crippen molar-refractivity contribution in [1.29, 1.82) is 0 Å². The van der Waals surface area contributed by atoms with Crippen LogP contribution >= 0.6 is 0 Å². The molecule has 0 saturated carbocycles. The maximum atomic E-state index is 13.0. The molecule has 0 radical (unpaired) electrons. The summed E-state index contributed by atoms with van der Waals surface area (Å²) in [6.45, 7) is 0. The molecule has 0 aliphatic heterocycles. The van der Waals surface area contributed by atoms with Crippen LogP contribution in [0.4, 0.5) is 11.4 Å². The monoisotopic (exact) mass is 395 g/mol. The molecule has 3 aromatic carbocycles. The number of benzene rings is 3. The van der Waals surface area contributed by atoms with Crippen LogP contribution in [0.5, 0.6) is 11.5 Å². The number of nitrogens with one attached hydrogen (secondary N) is 1. The summed E-state index contributed by atoms with van der Waals surface area (Å²) in [6.07, 6.45) is 0. The van der Waals surface area contributed by atoms with E-state index in [4.69, 9.17) is 0 Å². The maximum absolute atomic E-state index is 13.0. The molecule has 2 N–H and O–H groups in total. The van der Waals surface area contributed by atoms with Crippen LogP contribution in [0.1, 0.15) is 31.8 Å². The van der Waals surface area contributed by atoms with Crippen LogP contribution in [-0.2, 0) is 11.0 Å². The minimum Gasteiger partial charge on any atom is -0.507 e. The average molecular weight is 395 g/mol. The Morgan fingerprint density at radius 1 is 0.786 bits per heavy atom. The predicted molar refractivity (Wildman–Crippen MR) is 102 cm³/mol. The normalized spacial score (nSPS) is 12.5. The van der Waals surface area contributed by atoms with Crippen molar-refractivity contribution < 1.29 is 27.3 Å². The van der Waals surface area contributed by atoms with Crippen LogP contribution in [0.2, 0.25) is 0 Å². The molecule has 28 heavy (non-hydrogen) atoms. The molecule has 0 spiro atoms. The van der Waals surface area contributed by atoms with Gasteiger partial charge in [0.05, 0.1) is 16.8 Å². The molecule has 0 heterocycles. The molecule has 3 aromatic rings. The van der Waals surface area contributed by atoms with Gasteiger partial charge in [-0.05, 0) is 36.4 Å². The number of carbonyl (C=O) groups is 2. The number of thiol groups is 1. The smallest absolute Gasteiger partial charge is 0.299 e. The minimum absolute atomic E-state index is 0.0444. The molecule has 0 saturated heterocycles. The van der Waals surface area contributed by atoms with E-state index < -0.39 is 16.8 Å².